The third-order valence-corrected chi connectivity index (χ3v) is 5.71. The van der Waals surface area contributed by atoms with Crippen LogP contribution in [-0.2, 0) is 11.3 Å². The largest absolute Gasteiger partial charge is 0.351 e. The van der Waals surface area contributed by atoms with Crippen LogP contribution in [0.4, 0.5) is 0 Å². The highest BCUT2D eigenvalue weighted by molar-refractivity contribution is 8.00. The van der Waals surface area contributed by atoms with Gasteiger partial charge in [-0.05, 0) is 24.7 Å². The summed E-state index contributed by atoms with van der Waals surface area (Å²) in [7, 11) is 0. The maximum absolute atomic E-state index is 12.0. The van der Waals surface area contributed by atoms with E-state index < -0.39 is 0 Å². The standard InChI is InChI=1S/C16H25N3OS/c1-21-16(13-17)7-9-19(10-8-16)12-15(20)18-11-14-5-3-2-4-6-14/h2-6H,7-13,17H2,1H3,(H,18,20). The molecule has 0 atom stereocenters. The molecule has 0 unspecified atom stereocenters. The quantitative estimate of drug-likeness (QED) is 0.835. The van der Waals surface area contributed by atoms with Gasteiger partial charge in [0.1, 0.15) is 0 Å². The normalized spacial score (nSPS) is 18.4. The van der Waals surface area contributed by atoms with Gasteiger partial charge in [-0.2, -0.15) is 11.8 Å². The Morgan fingerprint density at radius 1 is 1.33 bits per heavy atom. The Hall–Kier alpha value is -1.04. The zero-order valence-electron chi connectivity index (χ0n) is 12.7. The van der Waals surface area contributed by atoms with E-state index in [9.17, 15) is 4.79 Å². The lowest BCUT2D eigenvalue weighted by molar-refractivity contribution is -0.122. The van der Waals surface area contributed by atoms with Crippen molar-refractivity contribution in [3.63, 3.8) is 0 Å². The van der Waals surface area contributed by atoms with Crippen LogP contribution in [0.15, 0.2) is 30.3 Å². The van der Waals surface area contributed by atoms with Crippen molar-refractivity contribution in [3.8, 4) is 0 Å². The number of amides is 1. The second-order valence-electron chi connectivity index (χ2n) is 5.63. The average Bonchev–Trinajstić information content (AvgIpc) is 2.55. The molecule has 1 amide bonds. The van der Waals surface area contributed by atoms with Crippen molar-refractivity contribution in [3.05, 3.63) is 35.9 Å². The zero-order valence-corrected chi connectivity index (χ0v) is 13.5. The van der Waals surface area contributed by atoms with Crippen molar-refractivity contribution < 1.29 is 4.79 Å². The van der Waals surface area contributed by atoms with Crippen LogP contribution in [0.25, 0.3) is 0 Å². The fourth-order valence-corrected chi connectivity index (χ4v) is 3.42. The third-order valence-electron chi connectivity index (χ3n) is 4.27. The molecule has 1 saturated heterocycles. The number of nitrogens with two attached hydrogens (primary N) is 1. The SMILES string of the molecule is CSC1(CN)CCN(CC(=O)NCc2ccccc2)CC1. The molecule has 1 fully saturated rings. The summed E-state index contributed by atoms with van der Waals surface area (Å²) in [6, 6.07) is 10.0. The second-order valence-corrected chi connectivity index (χ2v) is 6.90. The highest BCUT2D eigenvalue weighted by atomic mass is 32.2. The molecule has 1 aromatic carbocycles. The average molecular weight is 307 g/mol. The lowest BCUT2D eigenvalue weighted by Gasteiger charge is -2.39. The third kappa shape index (κ3) is 4.73. The minimum Gasteiger partial charge on any atom is -0.351 e. The van der Waals surface area contributed by atoms with Crippen LogP contribution < -0.4 is 11.1 Å². The molecule has 1 heterocycles. The van der Waals surface area contributed by atoms with Crippen molar-refractivity contribution in [1.82, 2.24) is 10.2 Å². The molecule has 1 aliphatic heterocycles. The Kier molecular flexibility index (Phi) is 6.08. The number of carbonyl (C=O) groups is 1. The lowest BCUT2D eigenvalue weighted by Crippen LogP contribution is -2.49. The Bertz CT molecular complexity index is 438. The van der Waals surface area contributed by atoms with E-state index in [2.05, 4.69) is 16.5 Å². The van der Waals surface area contributed by atoms with Gasteiger partial charge in [-0.3, -0.25) is 9.69 Å². The molecular weight excluding hydrogens is 282 g/mol. The number of benzene rings is 1. The Balaban J connectivity index is 1.72. The fourth-order valence-electron chi connectivity index (χ4n) is 2.67. The first-order valence-electron chi connectivity index (χ1n) is 7.46. The number of rotatable bonds is 6. The summed E-state index contributed by atoms with van der Waals surface area (Å²) in [5.41, 5.74) is 7.02. The van der Waals surface area contributed by atoms with E-state index in [-0.39, 0.29) is 10.7 Å². The van der Waals surface area contributed by atoms with Gasteiger partial charge in [0, 0.05) is 30.9 Å². The van der Waals surface area contributed by atoms with Crippen LogP contribution >= 0.6 is 11.8 Å². The first-order chi connectivity index (χ1) is 10.2. The molecule has 0 radical (unpaired) electrons. The molecule has 0 spiro atoms. The van der Waals surface area contributed by atoms with Gasteiger partial charge >= 0.3 is 0 Å². The van der Waals surface area contributed by atoms with Crippen LogP contribution in [0.5, 0.6) is 0 Å². The van der Waals surface area contributed by atoms with Crippen LogP contribution in [0.1, 0.15) is 18.4 Å². The highest BCUT2D eigenvalue weighted by Crippen LogP contribution is 2.33. The molecule has 4 nitrogen and oxygen atoms in total. The van der Waals surface area contributed by atoms with E-state index in [1.54, 1.807) is 0 Å². The predicted molar refractivity (Wildman–Crippen MR) is 89.3 cm³/mol. The molecule has 0 bridgehead atoms. The highest BCUT2D eigenvalue weighted by Gasteiger charge is 2.32. The molecule has 3 N–H and O–H groups in total. The first kappa shape index (κ1) is 16.3. The molecule has 1 aromatic rings. The Morgan fingerprint density at radius 3 is 2.57 bits per heavy atom. The Labute approximate surface area is 131 Å². The van der Waals surface area contributed by atoms with Gasteiger partial charge in [0.2, 0.25) is 5.91 Å². The molecular formula is C16H25N3OS. The molecule has 1 aliphatic rings. The molecule has 116 valence electrons. The number of carbonyl (C=O) groups excluding carboxylic acids is 1. The van der Waals surface area contributed by atoms with Gasteiger partial charge < -0.3 is 11.1 Å². The first-order valence-corrected chi connectivity index (χ1v) is 8.68. The second kappa shape index (κ2) is 7.82. The summed E-state index contributed by atoms with van der Waals surface area (Å²) in [6.45, 7) is 3.72. The molecule has 0 aliphatic carbocycles. The molecule has 5 heteroatoms. The summed E-state index contributed by atoms with van der Waals surface area (Å²) in [4.78, 5) is 14.2. The van der Waals surface area contributed by atoms with Gasteiger partial charge in [0.25, 0.3) is 0 Å². The zero-order chi connectivity index (χ0) is 15.1. The molecule has 21 heavy (non-hydrogen) atoms. The van der Waals surface area contributed by atoms with E-state index in [4.69, 9.17) is 5.73 Å². The monoisotopic (exact) mass is 307 g/mol. The fraction of sp³-hybridized carbons (Fsp3) is 0.562. The maximum Gasteiger partial charge on any atom is 0.234 e. The summed E-state index contributed by atoms with van der Waals surface area (Å²) in [5.74, 6) is 0.100. The number of hydrogen-bond donors (Lipinski definition) is 2. The van der Waals surface area contributed by atoms with E-state index in [1.165, 1.54) is 0 Å². The van der Waals surface area contributed by atoms with Crippen LogP contribution in [-0.4, -0.2) is 48.0 Å². The molecule has 2 rings (SSSR count). The van der Waals surface area contributed by atoms with Gasteiger partial charge in [-0.15, -0.1) is 0 Å². The summed E-state index contributed by atoms with van der Waals surface area (Å²) in [6.07, 6.45) is 4.27. The van der Waals surface area contributed by atoms with Crippen molar-refractivity contribution >= 4 is 17.7 Å². The van der Waals surface area contributed by atoms with Gasteiger partial charge in [0.15, 0.2) is 0 Å². The lowest BCUT2D eigenvalue weighted by atomic mass is 9.96. The number of nitrogens with one attached hydrogen (secondary N) is 1. The smallest absolute Gasteiger partial charge is 0.234 e. The maximum atomic E-state index is 12.0. The van der Waals surface area contributed by atoms with Crippen molar-refractivity contribution in [2.45, 2.75) is 24.1 Å². The van der Waals surface area contributed by atoms with Crippen molar-refractivity contribution in [1.29, 1.82) is 0 Å². The number of hydrogen-bond acceptors (Lipinski definition) is 4. The summed E-state index contributed by atoms with van der Waals surface area (Å²) >= 11 is 1.87. The minimum absolute atomic E-state index is 0.100. The van der Waals surface area contributed by atoms with Crippen molar-refractivity contribution in [2.75, 3.05) is 32.4 Å². The van der Waals surface area contributed by atoms with Gasteiger partial charge in [0.05, 0.1) is 6.54 Å². The molecule has 0 aromatic heterocycles. The van der Waals surface area contributed by atoms with E-state index in [1.807, 2.05) is 42.1 Å². The van der Waals surface area contributed by atoms with Crippen LogP contribution in [0, 0.1) is 0 Å². The van der Waals surface area contributed by atoms with Crippen molar-refractivity contribution in [2.24, 2.45) is 5.73 Å². The number of thioether (sulfide) groups is 1. The predicted octanol–water partition coefficient (Wildman–Crippen LogP) is 1.46. The van der Waals surface area contributed by atoms with E-state index >= 15 is 0 Å². The van der Waals surface area contributed by atoms with Crippen LogP contribution in [0.2, 0.25) is 0 Å². The van der Waals surface area contributed by atoms with Gasteiger partial charge in [-0.25, -0.2) is 0 Å². The Morgan fingerprint density at radius 2 is 2.00 bits per heavy atom. The number of piperidine rings is 1. The van der Waals surface area contributed by atoms with Gasteiger partial charge in [-0.1, -0.05) is 30.3 Å². The van der Waals surface area contributed by atoms with E-state index in [0.29, 0.717) is 13.1 Å². The topological polar surface area (TPSA) is 58.4 Å². The number of nitrogens with zero attached hydrogens (tertiary/aromatic N) is 1. The minimum atomic E-state index is 0.100. The summed E-state index contributed by atoms with van der Waals surface area (Å²) < 4.78 is 0.219. The molecule has 0 saturated carbocycles. The van der Waals surface area contributed by atoms with E-state index in [0.717, 1.165) is 38.0 Å². The number of likely N-dealkylation sites (tertiary alicyclic amines) is 1. The van der Waals surface area contributed by atoms with Crippen LogP contribution in [0.3, 0.4) is 0 Å². The summed E-state index contributed by atoms with van der Waals surface area (Å²) in [5, 5.41) is 2.98.